The summed E-state index contributed by atoms with van der Waals surface area (Å²) in [5.41, 5.74) is -0.755. The Bertz CT molecular complexity index is 1190. The van der Waals surface area contributed by atoms with E-state index in [0.29, 0.717) is 5.56 Å². The number of ether oxygens (including phenoxy) is 2. The molecule has 0 saturated heterocycles. The van der Waals surface area contributed by atoms with Crippen LogP contribution in [0.25, 0.3) is 0 Å². The van der Waals surface area contributed by atoms with Gasteiger partial charge in [0, 0.05) is 16.2 Å². The van der Waals surface area contributed by atoms with E-state index < -0.39 is 43.3 Å². The highest BCUT2D eigenvalue weighted by Gasteiger charge is 2.34. The van der Waals surface area contributed by atoms with Crippen molar-refractivity contribution in [3.05, 3.63) is 73.5 Å². The Morgan fingerprint density at radius 1 is 1.30 bits per heavy atom. The van der Waals surface area contributed by atoms with E-state index in [0.717, 1.165) is 4.47 Å². The van der Waals surface area contributed by atoms with Crippen LogP contribution < -0.4 is 20.9 Å². The molecule has 0 aliphatic carbocycles. The summed E-state index contributed by atoms with van der Waals surface area (Å²) in [5, 5.41) is 2.55. The molecule has 2 aromatic rings. The second kappa shape index (κ2) is 10.6. The molecule has 2 N–H and O–H groups in total. The monoisotopic (exact) mass is 543 g/mol. The third kappa shape index (κ3) is 6.52. The maximum Gasteiger partial charge on any atom is 0.459 e. The van der Waals surface area contributed by atoms with Crippen LogP contribution in [-0.4, -0.2) is 41.4 Å². The third-order valence-corrected chi connectivity index (χ3v) is 6.75. The first-order valence-electron chi connectivity index (χ1n) is 9.81. The third-order valence-electron chi connectivity index (χ3n) is 4.58. The molecule has 1 aliphatic rings. The highest BCUT2D eigenvalue weighted by atomic mass is 79.9. The molecule has 1 unspecified atom stereocenters. The molecule has 0 spiro atoms. The van der Waals surface area contributed by atoms with Crippen LogP contribution in [0.15, 0.2) is 56.7 Å². The normalized spacial score (nSPS) is 20.2. The summed E-state index contributed by atoms with van der Waals surface area (Å²) >= 11 is 3.31. The van der Waals surface area contributed by atoms with E-state index >= 15 is 0 Å². The summed E-state index contributed by atoms with van der Waals surface area (Å²) in [6.45, 7) is 2.82. The van der Waals surface area contributed by atoms with Crippen LogP contribution in [0.4, 0.5) is 0 Å². The van der Waals surface area contributed by atoms with Crippen molar-refractivity contribution in [2.45, 2.75) is 32.2 Å². The molecule has 33 heavy (non-hydrogen) atoms. The van der Waals surface area contributed by atoms with Gasteiger partial charge >= 0.3 is 19.4 Å². The minimum absolute atomic E-state index is 0.210. The minimum Gasteiger partial charge on any atom is -0.468 e. The number of H-pyrrole nitrogens is 1. The van der Waals surface area contributed by atoms with Gasteiger partial charge in [0.2, 0.25) is 0 Å². The van der Waals surface area contributed by atoms with Crippen molar-refractivity contribution in [1.82, 2.24) is 14.6 Å². The summed E-state index contributed by atoms with van der Waals surface area (Å²) in [5.74, 6) is -0.398. The minimum atomic E-state index is -4.04. The fourth-order valence-corrected chi connectivity index (χ4v) is 4.65. The number of nitrogens with one attached hydrogen (secondary N) is 2. The van der Waals surface area contributed by atoms with E-state index in [-0.39, 0.29) is 12.4 Å². The maximum atomic E-state index is 13.4. The van der Waals surface area contributed by atoms with Crippen LogP contribution in [0.3, 0.4) is 0 Å². The van der Waals surface area contributed by atoms with E-state index in [1.54, 1.807) is 43.3 Å². The number of aromatic amines is 1. The number of hydrogen-bond donors (Lipinski definition) is 2. The number of methoxy groups -OCH3 is 1. The molecule has 1 aromatic carbocycles. The van der Waals surface area contributed by atoms with Crippen LogP contribution >= 0.6 is 23.7 Å². The summed E-state index contributed by atoms with van der Waals surface area (Å²) in [6, 6.07) is 5.57. The molecule has 4 atom stereocenters. The van der Waals surface area contributed by atoms with Gasteiger partial charge < -0.3 is 14.0 Å². The zero-order valence-corrected chi connectivity index (χ0v) is 20.5. The Balaban J connectivity index is 1.71. The number of carbonyl (C=O) groups excluding carboxylic acids is 1. The fraction of sp³-hybridized carbons (Fsp3) is 0.350. The van der Waals surface area contributed by atoms with Crippen molar-refractivity contribution in [1.29, 1.82) is 0 Å². The van der Waals surface area contributed by atoms with Gasteiger partial charge in [-0.15, -0.1) is 0 Å². The van der Waals surface area contributed by atoms with Crippen molar-refractivity contribution >= 4 is 29.6 Å². The number of halogens is 1. The van der Waals surface area contributed by atoms with E-state index in [1.165, 1.54) is 24.8 Å². The molecule has 2 heterocycles. The summed E-state index contributed by atoms with van der Waals surface area (Å²) in [4.78, 5) is 37.7. The van der Waals surface area contributed by atoms with E-state index in [1.807, 2.05) is 0 Å². The number of carbonyl (C=O) groups is 1. The Kier molecular flexibility index (Phi) is 8.09. The van der Waals surface area contributed by atoms with Gasteiger partial charge in [-0.3, -0.25) is 23.7 Å². The van der Waals surface area contributed by atoms with Gasteiger partial charge in [-0.1, -0.05) is 22.0 Å². The lowest BCUT2D eigenvalue weighted by Crippen LogP contribution is -2.35. The maximum absolute atomic E-state index is 13.4. The smallest absolute Gasteiger partial charge is 0.459 e. The van der Waals surface area contributed by atoms with Crippen molar-refractivity contribution in [3.8, 4) is 5.75 Å². The Morgan fingerprint density at radius 2 is 2.00 bits per heavy atom. The lowest BCUT2D eigenvalue weighted by Gasteiger charge is -2.24. The van der Waals surface area contributed by atoms with Crippen LogP contribution in [0.5, 0.6) is 5.75 Å². The lowest BCUT2D eigenvalue weighted by atomic mass is 10.3. The molecule has 11 nitrogen and oxygen atoms in total. The standard InChI is InChI=1S/C20H23BrN3O8P/c1-12-10-24(20(27)22-18(12)25)17-9-8-16(31-17)11-30-33(28,23-13(2)19(26)29-3)32-15-6-4-14(21)5-7-15/h4-10,13,16-17H,11H2,1-3H3,(H,23,28)(H,22,25,27)/t13-,16+,17-,33?/m1/s1. The molecule has 0 saturated carbocycles. The van der Waals surface area contributed by atoms with Gasteiger partial charge in [0.05, 0.1) is 13.7 Å². The first-order chi connectivity index (χ1) is 15.6. The molecule has 0 bridgehead atoms. The van der Waals surface area contributed by atoms with Gasteiger partial charge in [-0.25, -0.2) is 9.36 Å². The fourth-order valence-electron chi connectivity index (χ4n) is 2.88. The Hall–Kier alpha value is -2.50. The highest BCUT2D eigenvalue weighted by Crippen LogP contribution is 2.45. The van der Waals surface area contributed by atoms with Gasteiger partial charge in [0.1, 0.15) is 17.9 Å². The summed E-state index contributed by atoms with van der Waals surface area (Å²) in [7, 11) is -2.84. The molecule has 1 aromatic heterocycles. The topological polar surface area (TPSA) is 138 Å². The van der Waals surface area contributed by atoms with E-state index in [9.17, 15) is 18.9 Å². The zero-order chi connectivity index (χ0) is 24.2. The summed E-state index contributed by atoms with van der Waals surface area (Å²) in [6.07, 6.45) is 3.17. The molecule has 3 rings (SSSR count). The molecule has 13 heteroatoms. The van der Waals surface area contributed by atoms with Crippen LogP contribution in [0.2, 0.25) is 0 Å². The lowest BCUT2D eigenvalue weighted by molar-refractivity contribution is -0.142. The highest BCUT2D eigenvalue weighted by molar-refractivity contribution is 9.10. The van der Waals surface area contributed by atoms with E-state index in [2.05, 4.69) is 30.7 Å². The second-order valence-corrected chi connectivity index (χ2v) is 9.75. The van der Waals surface area contributed by atoms with Crippen LogP contribution in [0, 0.1) is 6.92 Å². The number of rotatable bonds is 9. The number of nitrogens with zero attached hydrogens (tertiary/aromatic N) is 1. The SMILES string of the molecule is COC(=O)[C@@H](C)NP(=O)(OC[C@@H]1C=C[C@H](n2cc(C)c(=O)[nH]c2=O)O1)Oc1ccc(Br)cc1. The largest absolute Gasteiger partial charge is 0.468 e. The van der Waals surface area contributed by atoms with E-state index in [4.69, 9.17) is 13.8 Å². The molecule has 0 radical (unpaired) electrons. The molecule has 0 fully saturated rings. The second-order valence-electron chi connectivity index (χ2n) is 7.14. The first-order valence-corrected chi connectivity index (χ1v) is 12.1. The molecule has 178 valence electrons. The quantitative estimate of drug-likeness (QED) is 0.277. The zero-order valence-electron chi connectivity index (χ0n) is 18.0. The number of benzene rings is 1. The number of esters is 1. The van der Waals surface area contributed by atoms with Crippen molar-refractivity contribution < 1.29 is 27.9 Å². The number of aromatic nitrogens is 2. The molecular formula is C20H23BrN3O8P. The van der Waals surface area contributed by atoms with Crippen LogP contribution in [-0.2, 0) is 23.4 Å². The summed E-state index contributed by atoms with van der Waals surface area (Å²) < 4.78 is 36.9. The Morgan fingerprint density at radius 3 is 2.67 bits per heavy atom. The van der Waals surface area contributed by atoms with Crippen molar-refractivity contribution in [2.24, 2.45) is 0 Å². The molecule has 1 aliphatic heterocycles. The van der Waals surface area contributed by atoms with Gasteiger partial charge in [-0.05, 0) is 44.2 Å². The number of aryl methyl sites for hydroxylation is 1. The van der Waals surface area contributed by atoms with Gasteiger partial charge in [0.25, 0.3) is 5.56 Å². The van der Waals surface area contributed by atoms with Crippen LogP contribution in [0.1, 0.15) is 18.7 Å². The van der Waals surface area contributed by atoms with Gasteiger partial charge in [0.15, 0.2) is 6.23 Å². The molecular weight excluding hydrogens is 521 g/mol. The molecule has 0 amide bonds. The average Bonchev–Trinajstić information content (AvgIpc) is 3.25. The number of hydrogen-bond acceptors (Lipinski definition) is 8. The predicted octanol–water partition coefficient (Wildman–Crippen LogP) is 2.42. The van der Waals surface area contributed by atoms with Crippen molar-refractivity contribution in [3.63, 3.8) is 0 Å². The Labute approximate surface area is 197 Å². The van der Waals surface area contributed by atoms with Gasteiger partial charge in [-0.2, -0.15) is 5.09 Å². The first kappa shape index (κ1) is 25.1. The average molecular weight is 544 g/mol. The predicted molar refractivity (Wildman–Crippen MR) is 122 cm³/mol. The van der Waals surface area contributed by atoms with Crippen molar-refractivity contribution in [2.75, 3.05) is 13.7 Å².